The number of benzene rings is 2. The smallest absolute Gasteiger partial charge is 0.251 e. The molecule has 0 unspecified atom stereocenters. The molecule has 6 saturated heterocycles. The molecule has 31 heteroatoms. The van der Waals surface area contributed by atoms with Gasteiger partial charge in [0, 0.05) is 121 Å². The van der Waals surface area contributed by atoms with Gasteiger partial charge < -0.3 is 70.3 Å². The predicted octanol–water partition coefficient (Wildman–Crippen LogP) is 13.4. The first-order valence-electron chi connectivity index (χ1n) is 47.5. The van der Waals surface area contributed by atoms with Gasteiger partial charge in [0.2, 0.25) is 41.3 Å². The Morgan fingerprint density at radius 2 is 0.729 bits per heavy atom. The van der Waals surface area contributed by atoms with Gasteiger partial charge in [0.25, 0.3) is 5.91 Å². The SMILES string of the molecule is CC(C)C(=O)NC1CCN(C)CC1.CCC(=O)NC1CCN(C)CC1.CCc1noc(C)n1.CN1CCC(NC(=O)C2CC2)CC1.CN1CCC(NC(=O)C2CCCC2)CC1.CN1CCC(NC(=O)C2CCCCC2)CC1.CN1CCC(NC(=O)c2ccccc2)CC1.Cc1cc(-c2ccccc2)ncn1.Cc1cc(C)ncn1.Cc1cc(Cl)ncn1.Cc1noc(C)n1. The molecule has 6 aliphatic heterocycles. The fraction of sp³-hybridized carbons (Fsp3) is 0.653. The van der Waals surface area contributed by atoms with E-state index in [0.29, 0.717) is 101 Å². The molecule has 9 aliphatic rings. The molecule has 0 atom stereocenters. The van der Waals surface area contributed by atoms with E-state index in [4.69, 9.17) is 16.1 Å². The third-order valence-corrected chi connectivity index (χ3v) is 24.2. The maximum Gasteiger partial charge on any atom is 0.251 e. The van der Waals surface area contributed by atoms with Crippen LogP contribution in [-0.4, -0.2) is 272 Å². The fourth-order valence-corrected chi connectivity index (χ4v) is 15.6. The third kappa shape index (κ3) is 47.5. The Morgan fingerprint density at radius 1 is 0.388 bits per heavy atom. The van der Waals surface area contributed by atoms with E-state index >= 15 is 0 Å². The van der Waals surface area contributed by atoms with Crippen LogP contribution in [-0.2, 0) is 30.4 Å². The number of hydrogen-bond donors (Lipinski definition) is 6. The van der Waals surface area contributed by atoms with Crippen LogP contribution < -0.4 is 31.9 Å². The van der Waals surface area contributed by atoms with E-state index in [2.05, 4.69) is 158 Å². The first-order chi connectivity index (χ1) is 61.9. The molecule has 0 spiro atoms. The molecule has 0 bridgehead atoms. The fourth-order valence-electron chi connectivity index (χ4n) is 15.4. The van der Waals surface area contributed by atoms with E-state index in [1.807, 2.05) is 128 Å². The molecule has 3 saturated carbocycles. The highest BCUT2D eigenvalue weighted by molar-refractivity contribution is 6.29. The predicted molar refractivity (Wildman–Crippen MR) is 512 cm³/mol. The van der Waals surface area contributed by atoms with Crippen molar-refractivity contribution in [3.63, 3.8) is 0 Å². The van der Waals surface area contributed by atoms with Gasteiger partial charge in [0.15, 0.2) is 11.6 Å². The van der Waals surface area contributed by atoms with Crippen molar-refractivity contribution in [2.45, 2.75) is 273 Å². The summed E-state index contributed by atoms with van der Waals surface area (Å²) in [6, 6.07) is 27.6. The van der Waals surface area contributed by atoms with Crippen LogP contribution in [0, 0.1) is 72.1 Å². The van der Waals surface area contributed by atoms with E-state index in [1.165, 1.54) is 38.4 Å². The number of hydrogen-bond acceptors (Lipinski definition) is 24. The Hall–Kier alpha value is -9.17. The number of rotatable bonds is 14. The average molecular weight is 1810 g/mol. The number of aryl methyl sites for hydroxylation is 8. The lowest BCUT2D eigenvalue weighted by Gasteiger charge is -2.31. The normalized spacial score (nSPS) is 18.3. The summed E-state index contributed by atoms with van der Waals surface area (Å²) in [5.41, 5.74) is 6.80. The topological polar surface area (TPSA) is 349 Å². The molecular weight excluding hydrogens is 1650 g/mol. The molecule has 0 radical (unpaired) electrons. The standard InChI is InChI=1S/C13H24N2O.C13H18N2O.C12H22N2O.C11H10N2.C10H18N2O.C10H20N2O.C9H18N2O.C6H8N2.C5H5ClN2.C5H8N2O.C4H6N2O/c2*1-15-9-7-12(8-10-15)14-13(16)11-5-3-2-4-6-11;1-14-8-6-11(7-9-14)13-12(15)10-4-2-3-5-10;1-9-7-11(13-8-12-9)10-5-3-2-4-6-10;1-12-6-4-9(5-7-12)11-10(13)8-2-3-8;1-8(2)10(13)11-9-4-6-12(3)7-5-9;1-3-9(12)10-8-4-6-11(2)7-5-8;1-5-3-6(2)8-4-7-5;1-4-2-5(6)8-3-7-4;1-3-5-6-4(2)8-7-5;1-3-5-4(2)7-6-3/h11-12H,2-10H2,1H3,(H,14,16);2-6,12H,7-10H2,1H3,(H,14,16);10-11H,2-9H2,1H3,(H,13,15);2-8H,1H3;8-9H,2-7H2,1H3,(H,11,13);8-9H,4-7H2,1-3H3,(H,11,13);8H,3-7H2,1-2H3,(H,10,12);3-4H,1-2H3;2-3H,1H3;3H2,1-2H3;1-2H3. The molecule has 2 aromatic carbocycles. The Labute approximate surface area is 775 Å². The summed E-state index contributed by atoms with van der Waals surface area (Å²) >= 11 is 5.49. The van der Waals surface area contributed by atoms with Crippen molar-refractivity contribution in [1.82, 2.24) is 111 Å². The number of piperidine rings is 6. The number of carbonyl (C=O) groups is 6. The molecular formula is C98H157ClN22O8. The highest BCUT2D eigenvalue weighted by atomic mass is 35.5. The van der Waals surface area contributed by atoms with E-state index in [1.54, 1.807) is 39.5 Å². The minimum Gasteiger partial charge on any atom is -0.353 e. The summed E-state index contributed by atoms with van der Waals surface area (Å²) in [6.45, 7) is 34.1. The molecule has 30 nitrogen and oxygen atoms in total. The Kier molecular flexibility index (Phi) is 51.7. The Morgan fingerprint density at radius 3 is 1.03 bits per heavy atom. The number of carbonyl (C=O) groups excluding carboxylic acids is 6. The van der Waals surface area contributed by atoms with Gasteiger partial charge in [-0.15, -0.1) is 0 Å². The Balaban J connectivity index is 0.000000221. The van der Waals surface area contributed by atoms with Crippen molar-refractivity contribution in [3.8, 4) is 11.3 Å². The lowest BCUT2D eigenvalue weighted by atomic mass is 9.88. The van der Waals surface area contributed by atoms with E-state index in [9.17, 15) is 28.8 Å². The minimum atomic E-state index is 0.0511. The van der Waals surface area contributed by atoms with E-state index in [0.717, 1.165) is 246 Å². The average Bonchev–Trinajstić information content (AvgIpc) is 1.67. The van der Waals surface area contributed by atoms with Crippen molar-refractivity contribution < 1.29 is 37.8 Å². The zero-order valence-corrected chi connectivity index (χ0v) is 81.7. The van der Waals surface area contributed by atoms with Crippen LogP contribution in [0.15, 0.2) is 107 Å². The number of nitrogens with zero attached hydrogens (tertiary/aromatic N) is 16. The maximum absolute atomic E-state index is 12.0. The van der Waals surface area contributed by atoms with Crippen molar-refractivity contribution in [3.05, 3.63) is 155 Å². The molecule has 714 valence electrons. The number of amides is 6. The molecule has 5 aromatic heterocycles. The van der Waals surface area contributed by atoms with Gasteiger partial charge >= 0.3 is 0 Å². The number of nitrogens with one attached hydrogen (secondary N) is 6. The van der Waals surface area contributed by atoms with Crippen molar-refractivity contribution >= 4 is 47.0 Å². The molecule has 3 aliphatic carbocycles. The molecule has 129 heavy (non-hydrogen) atoms. The van der Waals surface area contributed by atoms with Crippen molar-refractivity contribution in [2.75, 3.05) is 121 Å². The van der Waals surface area contributed by atoms with Crippen LogP contribution in [0.3, 0.4) is 0 Å². The summed E-state index contributed by atoms with van der Waals surface area (Å²) < 4.78 is 9.30. The van der Waals surface area contributed by atoms with Gasteiger partial charge in [-0.2, -0.15) is 9.97 Å². The zero-order valence-electron chi connectivity index (χ0n) is 81.0. The van der Waals surface area contributed by atoms with Crippen LogP contribution in [0.25, 0.3) is 11.3 Å². The minimum absolute atomic E-state index is 0.0511. The first kappa shape index (κ1) is 109. The van der Waals surface area contributed by atoms with E-state index in [-0.39, 0.29) is 23.6 Å². The molecule has 7 aromatic rings. The molecule has 9 fully saturated rings. The highest BCUT2D eigenvalue weighted by Gasteiger charge is 2.32. The van der Waals surface area contributed by atoms with Gasteiger partial charge in [-0.1, -0.05) is 130 Å². The van der Waals surface area contributed by atoms with Crippen LogP contribution in [0.2, 0.25) is 5.15 Å². The molecule has 6 amide bonds. The second-order valence-electron chi connectivity index (χ2n) is 36.1. The van der Waals surface area contributed by atoms with Gasteiger partial charge in [-0.3, -0.25) is 28.8 Å². The monoisotopic (exact) mass is 1810 g/mol. The van der Waals surface area contributed by atoms with Gasteiger partial charge in [0.1, 0.15) is 24.1 Å². The molecule has 11 heterocycles. The quantitative estimate of drug-likeness (QED) is 0.0551. The van der Waals surface area contributed by atoms with Gasteiger partial charge in [-0.05, 0) is 301 Å². The summed E-state index contributed by atoms with van der Waals surface area (Å²) in [4.78, 5) is 115. The Bertz CT molecular complexity index is 4110. The van der Waals surface area contributed by atoms with Crippen LogP contribution in [0.5, 0.6) is 0 Å². The van der Waals surface area contributed by atoms with Gasteiger partial charge in [-0.25, -0.2) is 29.9 Å². The number of likely N-dealkylation sites (tertiary alicyclic amines) is 6. The maximum atomic E-state index is 12.0. The summed E-state index contributed by atoms with van der Waals surface area (Å²) in [5, 5.41) is 26.5. The lowest BCUT2D eigenvalue weighted by Crippen LogP contribution is -2.45. The van der Waals surface area contributed by atoms with E-state index < -0.39 is 0 Å². The number of aromatic nitrogens is 10. The molecule has 6 N–H and O–H groups in total. The molecule has 16 rings (SSSR count). The lowest BCUT2D eigenvalue weighted by molar-refractivity contribution is -0.127. The highest BCUT2D eigenvalue weighted by Crippen LogP contribution is 2.30. The van der Waals surface area contributed by atoms with Crippen LogP contribution >= 0.6 is 11.6 Å². The largest absolute Gasteiger partial charge is 0.353 e. The second kappa shape index (κ2) is 61.5. The zero-order chi connectivity index (χ0) is 93.8. The van der Waals surface area contributed by atoms with Crippen molar-refractivity contribution in [2.24, 2.45) is 23.7 Å². The third-order valence-electron chi connectivity index (χ3n) is 24.0. The van der Waals surface area contributed by atoms with Crippen molar-refractivity contribution in [1.29, 1.82) is 0 Å². The summed E-state index contributed by atoms with van der Waals surface area (Å²) in [7, 11) is 12.8. The first-order valence-corrected chi connectivity index (χ1v) is 47.8. The second-order valence-corrected chi connectivity index (χ2v) is 36.5. The number of halogens is 1. The summed E-state index contributed by atoms with van der Waals surface area (Å²) in [5.74, 6) is 5.22. The van der Waals surface area contributed by atoms with Crippen LogP contribution in [0.4, 0.5) is 0 Å². The van der Waals surface area contributed by atoms with Gasteiger partial charge in [0.05, 0.1) is 5.69 Å². The van der Waals surface area contributed by atoms with Crippen LogP contribution in [0.1, 0.15) is 238 Å². The summed E-state index contributed by atoms with van der Waals surface area (Å²) in [6.07, 6.45) is 32.2.